The van der Waals surface area contributed by atoms with Gasteiger partial charge in [0.25, 0.3) is 5.91 Å². The molecule has 5 heteroatoms. The summed E-state index contributed by atoms with van der Waals surface area (Å²) < 4.78 is 1.03. The SMILES string of the molecule is O=C(c1ccccc1I)N1CCSC(c2cccs2)CC1. The Balaban J connectivity index is 1.70. The van der Waals surface area contributed by atoms with E-state index in [1.165, 1.54) is 4.88 Å². The molecule has 1 fully saturated rings. The van der Waals surface area contributed by atoms with Crippen molar-refractivity contribution in [3.8, 4) is 0 Å². The van der Waals surface area contributed by atoms with Crippen molar-refractivity contribution >= 4 is 51.6 Å². The quantitative estimate of drug-likeness (QED) is 0.647. The van der Waals surface area contributed by atoms with Crippen LogP contribution in [0.4, 0.5) is 0 Å². The summed E-state index contributed by atoms with van der Waals surface area (Å²) in [5, 5.41) is 2.67. The number of thioether (sulfide) groups is 1. The topological polar surface area (TPSA) is 20.3 Å². The first-order valence-corrected chi connectivity index (χ1v) is 9.95. The number of carbonyl (C=O) groups is 1. The first-order chi connectivity index (χ1) is 10.3. The number of amides is 1. The van der Waals surface area contributed by atoms with Gasteiger partial charge in [-0.3, -0.25) is 4.79 Å². The number of rotatable bonds is 2. The van der Waals surface area contributed by atoms with Crippen molar-refractivity contribution in [3.63, 3.8) is 0 Å². The van der Waals surface area contributed by atoms with Crippen molar-refractivity contribution in [2.75, 3.05) is 18.8 Å². The molecule has 0 aliphatic carbocycles. The third kappa shape index (κ3) is 3.63. The van der Waals surface area contributed by atoms with Gasteiger partial charge in [-0.1, -0.05) is 18.2 Å². The molecule has 2 heterocycles. The fraction of sp³-hybridized carbons (Fsp3) is 0.312. The Morgan fingerprint density at radius 2 is 2.05 bits per heavy atom. The lowest BCUT2D eigenvalue weighted by Crippen LogP contribution is -2.33. The second-order valence-corrected chi connectivity index (χ2v) is 8.39. The molecular weight excluding hydrogens is 413 g/mol. The molecule has 1 atom stereocenters. The Bertz CT molecular complexity index is 614. The summed E-state index contributed by atoms with van der Waals surface area (Å²) in [6.45, 7) is 1.69. The van der Waals surface area contributed by atoms with Crippen molar-refractivity contribution in [2.24, 2.45) is 0 Å². The normalized spacial score (nSPS) is 19.3. The second kappa shape index (κ2) is 7.15. The molecule has 110 valence electrons. The molecule has 1 aliphatic rings. The Hall–Kier alpha value is -0.530. The standard InChI is InChI=1S/C16H16INOS2/c17-13-5-2-1-4-12(13)16(19)18-8-7-15(21-11-9-18)14-6-3-10-20-14/h1-6,10,15H,7-9,11H2. The average Bonchev–Trinajstić information content (AvgIpc) is 2.92. The number of carbonyl (C=O) groups excluding carboxylic acids is 1. The summed E-state index contributed by atoms with van der Waals surface area (Å²) in [5.41, 5.74) is 0.831. The van der Waals surface area contributed by atoms with Crippen molar-refractivity contribution in [3.05, 3.63) is 55.8 Å². The van der Waals surface area contributed by atoms with Gasteiger partial charge in [-0.05, 0) is 52.6 Å². The van der Waals surface area contributed by atoms with E-state index in [0.29, 0.717) is 5.25 Å². The first-order valence-electron chi connectivity index (χ1n) is 6.94. The predicted octanol–water partition coefficient (Wildman–Crippen LogP) is 4.67. The van der Waals surface area contributed by atoms with Crippen LogP contribution in [0.3, 0.4) is 0 Å². The molecule has 0 saturated carbocycles. The van der Waals surface area contributed by atoms with Crippen LogP contribution in [0.25, 0.3) is 0 Å². The highest BCUT2D eigenvalue weighted by Crippen LogP contribution is 2.37. The zero-order valence-corrected chi connectivity index (χ0v) is 15.3. The predicted molar refractivity (Wildman–Crippen MR) is 99.2 cm³/mol. The summed E-state index contributed by atoms with van der Waals surface area (Å²) in [6.07, 6.45) is 1.04. The van der Waals surface area contributed by atoms with E-state index in [2.05, 4.69) is 40.1 Å². The largest absolute Gasteiger partial charge is 0.338 e. The van der Waals surface area contributed by atoms with E-state index in [1.54, 1.807) is 0 Å². The number of thiophene rings is 1. The van der Waals surface area contributed by atoms with Gasteiger partial charge in [-0.15, -0.1) is 11.3 Å². The molecule has 0 radical (unpaired) electrons. The second-order valence-electron chi connectivity index (χ2n) is 4.94. The van der Waals surface area contributed by atoms with Crippen LogP contribution in [0.15, 0.2) is 41.8 Å². The summed E-state index contributed by atoms with van der Waals surface area (Å²) in [7, 11) is 0. The van der Waals surface area contributed by atoms with Gasteiger partial charge in [0.1, 0.15) is 0 Å². The van der Waals surface area contributed by atoms with Gasteiger partial charge in [-0.25, -0.2) is 0 Å². The Morgan fingerprint density at radius 3 is 2.81 bits per heavy atom. The molecule has 0 bridgehead atoms. The van der Waals surface area contributed by atoms with E-state index in [0.717, 1.165) is 34.4 Å². The van der Waals surface area contributed by atoms with Gasteiger partial charge in [-0.2, -0.15) is 11.8 Å². The van der Waals surface area contributed by atoms with E-state index in [-0.39, 0.29) is 5.91 Å². The summed E-state index contributed by atoms with van der Waals surface area (Å²) in [4.78, 5) is 16.1. The summed E-state index contributed by atoms with van der Waals surface area (Å²) >= 11 is 6.04. The minimum absolute atomic E-state index is 0.174. The average molecular weight is 429 g/mol. The molecule has 1 unspecified atom stereocenters. The van der Waals surface area contributed by atoms with E-state index < -0.39 is 0 Å². The van der Waals surface area contributed by atoms with Gasteiger partial charge in [0.05, 0.1) is 5.56 Å². The molecular formula is C16H16INOS2. The molecule has 1 aromatic heterocycles. The highest BCUT2D eigenvalue weighted by molar-refractivity contribution is 14.1. The third-order valence-electron chi connectivity index (χ3n) is 3.59. The van der Waals surface area contributed by atoms with E-state index in [1.807, 2.05) is 52.3 Å². The van der Waals surface area contributed by atoms with Crippen LogP contribution < -0.4 is 0 Å². The number of halogens is 1. The zero-order chi connectivity index (χ0) is 14.7. The van der Waals surface area contributed by atoms with Crippen LogP contribution in [0.2, 0.25) is 0 Å². The van der Waals surface area contributed by atoms with E-state index in [9.17, 15) is 4.79 Å². The Kier molecular flexibility index (Phi) is 5.24. The van der Waals surface area contributed by atoms with Crippen LogP contribution in [0.1, 0.15) is 26.9 Å². The molecule has 2 aromatic rings. The highest BCUT2D eigenvalue weighted by atomic mass is 127. The maximum absolute atomic E-state index is 12.7. The lowest BCUT2D eigenvalue weighted by molar-refractivity contribution is 0.0765. The smallest absolute Gasteiger partial charge is 0.254 e. The van der Waals surface area contributed by atoms with Gasteiger partial charge >= 0.3 is 0 Å². The molecule has 0 N–H and O–H groups in total. The third-order valence-corrected chi connectivity index (χ3v) is 6.98. The maximum atomic E-state index is 12.7. The molecule has 3 rings (SSSR count). The van der Waals surface area contributed by atoms with Gasteiger partial charge in [0.15, 0.2) is 0 Å². The van der Waals surface area contributed by atoms with Gasteiger partial charge in [0, 0.05) is 32.5 Å². The summed E-state index contributed by atoms with van der Waals surface area (Å²) in [6, 6.07) is 12.2. The van der Waals surface area contributed by atoms with Crippen molar-refractivity contribution in [1.29, 1.82) is 0 Å². The molecule has 1 amide bonds. The monoisotopic (exact) mass is 429 g/mol. The number of hydrogen-bond donors (Lipinski definition) is 0. The van der Waals surface area contributed by atoms with Crippen LogP contribution in [-0.2, 0) is 0 Å². The maximum Gasteiger partial charge on any atom is 0.254 e. The lowest BCUT2D eigenvalue weighted by Gasteiger charge is -2.21. The molecule has 1 aliphatic heterocycles. The van der Waals surface area contributed by atoms with Gasteiger partial charge < -0.3 is 4.90 Å². The summed E-state index contributed by atoms with van der Waals surface area (Å²) in [5.74, 6) is 1.19. The van der Waals surface area contributed by atoms with E-state index >= 15 is 0 Å². The van der Waals surface area contributed by atoms with Crippen LogP contribution >= 0.6 is 45.7 Å². The Morgan fingerprint density at radius 1 is 1.19 bits per heavy atom. The van der Waals surface area contributed by atoms with Crippen LogP contribution in [-0.4, -0.2) is 29.6 Å². The van der Waals surface area contributed by atoms with Crippen molar-refractivity contribution < 1.29 is 4.79 Å². The number of hydrogen-bond acceptors (Lipinski definition) is 3. The number of benzene rings is 1. The molecule has 1 saturated heterocycles. The van der Waals surface area contributed by atoms with Crippen LogP contribution in [0.5, 0.6) is 0 Å². The Labute approximate surface area is 147 Å². The van der Waals surface area contributed by atoms with Crippen molar-refractivity contribution in [1.82, 2.24) is 4.90 Å². The zero-order valence-electron chi connectivity index (χ0n) is 11.5. The minimum atomic E-state index is 0.174. The fourth-order valence-electron chi connectivity index (χ4n) is 2.48. The van der Waals surface area contributed by atoms with E-state index in [4.69, 9.17) is 0 Å². The fourth-order valence-corrected chi connectivity index (χ4v) is 5.34. The van der Waals surface area contributed by atoms with Crippen LogP contribution in [0, 0.1) is 3.57 Å². The number of nitrogens with zero attached hydrogens (tertiary/aromatic N) is 1. The molecule has 21 heavy (non-hydrogen) atoms. The minimum Gasteiger partial charge on any atom is -0.338 e. The molecule has 0 spiro atoms. The first kappa shape index (κ1) is 15.4. The molecule has 2 nitrogen and oxygen atoms in total. The van der Waals surface area contributed by atoms with Gasteiger partial charge in [0.2, 0.25) is 0 Å². The highest BCUT2D eigenvalue weighted by Gasteiger charge is 2.24. The lowest BCUT2D eigenvalue weighted by atomic mass is 10.2. The molecule has 1 aromatic carbocycles. The van der Waals surface area contributed by atoms with Crippen molar-refractivity contribution in [2.45, 2.75) is 11.7 Å².